The van der Waals surface area contributed by atoms with Crippen LogP contribution in [0.25, 0.3) is 11.0 Å². The van der Waals surface area contributed by atoms with Crippen LogP contribution in [0.5, 0.6) is 0 Å². The highest BCUT2D eigenvalue weighted by Gasteiger charge is 2.31. The first-order valence-electron chi connectivity index (χ1n) is 7.17. The van der Waals surface area contributed by atoms with Crippen LogP contribution in [-0.2, 0) is 16.6 Å². The van der Waals surface area contributed by atoms with Gasteiger partial charge in [0.25, 0.3) is 0 Å². The summed E-state index contributed by atoms with van der Waals surface area (Å²) in [5.41, 5.74) is 1.61. The van der Waals surface area contributed by atoms with Gasteiger partial charge in [0.05, 0.1) is 11.0 Å². The number of aliphatic hydroxyl groups excluding tert-OH is 1. The molecule has 23 heavy (non-hydrogen) atoms. The van der Waals surface area contributed by atoms with Gasteiger partial charge in [-0.2, -0.15) is 0 Å². The Morgan fingerprint density at radius 2 is 2.09 bits per heavy atom. The molecule has 7 heteroatoms. The first kappa shape index (κ1) is 15.1. The van der Waals surface area contributed by atoms with Crippen LogP contribution < -0.4 is 11.0 Å². The Morgan fingerprint density at radius 1 is 1.30 bits per heavy atom. The molecule has 7 nitrogen and oxygen atoms in total. The van der Waals surface area contributed by atoms with Crippen molar-refractivity contribution in [3.8, 4) is 11.8 Å². The van der Waals surface area contributed by atoms with E-state index in [1.807, 2.05) is 0 Å². The number of hydrogen-bond acceptors (Lipinski definition) is 4. The first-order valence-corrected chi connectivity index (χ1v) is 7.17. The van der Waals surface area contributed by atoms with Crippen molar-refractivity contribution in [3.05, 3.63) is 34.2 Å². The van der Waals surface area contributed by atoms with E-state index in [9.17, 15) is 14.4 Å². The summed E-state index contributed by atoms with van der Waals surface area (Å²) < 4.78 is 2.86. The van der Waals surface area contributed by atoms with E-state index in [1.54, 1.807) is 25.2 Å². The Hall–Kier alpha value is -2.85. The van der Waals surface area contributed by atoms with Gasteiger partial charge < -0.3 is 5.11 Å². The van der Waals surface area contributed by atoms with Crippen molar-refractivity contribution >= 4 is 22.8 Å². The predicted molar refractivity (Wildman–Crippen MR) is 82.6 cm³/mol. The summed E-state index contributed by atoms with van der Waals surface area (Å²) >= 11 is 0. The highest BCUT2D eigenvalue weighted by Crippen LogP contribution is 2.23. The number of aliphatic hydroxyl groups is 1. The Labute approximate surface area is 131 Å². The highest BCUT2D eigenvalue weighted by atomic mass is 16.2. The molecule has 2 heterocycles. The summed E-state index contributed by atoms with van der Waals surface area (Å²) in [5.74, 6) is 4.57. The number of fused-ring (bicyclic) bond motifs is 1. The molecule has 118 valence electrons. The minimum atomic E-state index is -0.696. The van der Waals surface area contributed by atoms with Gasteiger partial charge in [0.1, 0.15) is 12.6 Å². The lowest BCUT2D eigenvalue weighted by Gasteiger charge is -2.21. The number of aromatic nitrogens is 2. The number of nitrogens with one attached hydrogen (secondary N) is 1. The summed E-state index contributed by atoms with van der Waals surface area (Å²) in [7, 11) is 1.62. The number of aryl methyl sites for hydroxylation is 1. The fourth-order valence-corrected chi connectivity index (χ4v) is 2.81. The van der Waals surface area contributed by atoms with Gasteiger partial charge in [-0.15, -0.1) is 0 Å². The first-order chi connectivity index (χ1) is 11.0. The number of hydrogen-bond donors (Lipinski definition) is 2. The highest BCUT2D eigenvalue weighted by molar-refractivity contribution is 6.00. The summed E-state index contributed by atoms with van der Waals surface area (Å²) in [6, 6.07) is 4.49. The molecule has 1 aromatic carbocycles. The number of nitrogens with zero attached hydrogens (tertiary/aromatic N) is 2. The van der Waals surface area contributed by atoms with Crippen molar-refractivity contribution in [3.63, 3.8) is 0 Å². The standard InChI is InChI=1S/C16H15N3O4/c1-18-13-9-10(3-2-8-20)4-5-11(13)19(16(18)23)12-6-7-14(21)17-15(12)22/h4-5,9,12,20H,6-8H2,1H3,(H,17,21,22). The van der Waals surface area contributed by atoms with Crippen molar-refractivity contribution in [2.24, 2.45) is 7.05 Å². The molecule has 0 radical (unpaired) electrons. The SMILES string of the molecule is Cn1c(=O)n(C2CCC(=O)NC2=O)c2ccc(C#CCO)cc21. The molecule has 1 saturated heterocycles. The summed E-state index contributed by atoms with van der Waals surface area (Å²) in [6.45, 7) is -0.242. The van der Waals surface area contributed by atoms with E-state index in [0.29, 0.717) is 23.0 Å². The predicted octanol–water partition coefficient (Wildman–Crippen LogP) is -0.338. The number of imidazole rings is 1. The lowest BCUT2D eigenvalue weighted by Crippen LogP contribution is -2.44. The summed E-state index contributed by atoms with van der Waals surface area (Å²) in [6.07, 6.45) is 0.509. The maximum absolute atomic E-state index is 12.5. The summed E-state index contributed by atoms with van der Waals surface area (Å²) in [4.78, 5) is 35.9. The molecule has 0 saturated carbocycles. The van der Waals surface area contributed by atoms with E-state index in [4.69, 9.17) is 5.11 Å². The molecule has 1 aromatic heterocycles. The van der Waals surface area contributed by atoms with Gasteiger partial charge >= 0.3 is 5.69 Å². The van der Waals surface area contributed by atoms with E-state index in [2.05, 4.69) is 17.2 Å². The van der Waals surface area contributed by atoms with E-state index in [0.717, 1.165) is 0 Å². The Kier molecular flexibility index (Phi) is 3.76. The van der Waals surface area contributed by atoms with Gasteiger partial charge in [-0.25, -0.2) is 4.79 Å². The number of piperidine rings is 1. The molecule has 1 aliphatic heterocycles. The second-order valence-corrected chi connectivity index (χ2v) is 5.34. The van der Waals surface area contributed by atoms with Crippen LogP contribution in [0.15, 0.2) is 23.0 Å². The molecule has 0 aliphatic carbocycles. The molecule has 2 aromatic rings. The Bertz CT molecular complexity index is 926. The molecular weight excluding hydrogens is 298 g/mol. The van der Waals surface area contributed by atoms with Crippen LogP contribution in [0.3, 0.4) is 0 Å². The fraction of sp³-hybridized carbons (Fsp3) is 0.312. The van der Waals surface area contributed by atoms with E-state index in [-0.39, 0.29) is 24.6 Å². The average molecular weight is 313 g/mol. The van der Waals surface area contributed by atoms with Gasteiger partial charge in [0, 0.05) is 19.0 Å². The third kappa shape index (κ3) is 2.53. The van der Waals surface area contributed by atoms with Gasteiger partial charge in [0.15, 0.2) is 0 Å². The number of imide groups is 1. The quantitative estimate of drug-likeness (QED) is 0.556. The van der Waals surface area contributed by atoms with Gasteiger partial charge in [-0.1, -0.05) is 11.8 Å². The number of carbonyl (C=O) groups excluding carboxylic acids is 2. The fourth-order valence-electron chi connectivity index (χ4n) is 2.81. The molecule has 2 amide bonds. The number of benzene rings is 1. The number of carbonyl (C=O) groups is 2. The molecule has 1 aliphatic rings. The largest absolute Gasteiger partial charge is 0.384 e. The normalized spacial score (nSPS) is 17.7. The van der Waals surface area contributed by atoms with Crippen LogP contribution in [0.4, 0.5) is 0 Å². The molecule has 0 bridgehead atoms. The number of amides is 2. The van der Waals surface area contributed by atoms with E-state index in [1.165, 1.54) is 9.13 Å². The van der Waals surface area contributed by atoms with Crippen LogP contribution in [0, 0.1) is 11.8 Å². The smallest absolute Gasteiger partial charge is 0.329 e. The van der Waals surface area contributed by atoms with Crippen LogP contribution in [0.1, 0.15) is 24.4 Å². The van der Waals surface area contributed by atoms with E-state index >= 15 is 0 Å². The van der Waals surface area contributed by atoms with Crippen molar-refractivity contribution in [2.45, 2.75) is 18.9 Å². The van der Waals surface area contributed by atoms with Crippen molar-refractivity contribution in [1.29, 1.82) is 0 Å². The van der Waals surface area contributed by atoms with E-state index < -0.39 is 11.9 Å². The Balaban J connectivity index is 2.15. The third-order valence-electron chi connectivity index (χ3n) is 3.92. The average Bonchev–Trinajstić information content (AvgIpc) is 2.77. The number of rotatable bonds is 1. The lowest BCUT2D eigenvalue weighted by molar-refractivity contribution is -0.135. The molecule has 0 spiro atoms. The lowest BCUT2D eigenvalue weighted by atomic mass is 10.1. The second-order valence-electron chi connectivity index (χ2n) is 5.34. The minimum Gasteiger partial charge on any atom is -0.384 e. The maximum Gasteiger partial charge on any atom is 0.329 e. The molecule has 1 atom stereocenters. The monoisotopic (exact) mass is 313 g/mol. The van der Waals surface area contributed by atoms with Crippen molar-refractivity contribution in [1.82, 2.24) is 14.5 Å². The molecular formula is C16H15N3O4. The van der Waals surface area contributed by atoms with Crippen molar-refractivity contribution in [2.75, 3.05) is 6.61 Å². The van der Waals surface area contributed by atoms with Gasteiger partial charge in [-0.3, -0.25) is 24.0 Å². The zero-order valence-corrected chi connectivity index (χ0v) is 12.5. The van der Waals surface area contributed by atoms with Crippen LogP contribution in [-0.4, -0.2) is 32.7 Å². The van der Waals surface area contributed by atoms with Gasteiger partial charge in [-0.05, 0) is 24.6 Å². The molecule has 3 rings (SSSR count). The van der Waals surface area contributed by atoms with Crippen LogP contribution >= 0.6 is 0 Å². The second kappa shape index (κ2) is 5.74. The maximum atomic E-state index is 12.5. The summed E-state index contributed by atoms with van der Waals surface area (Å²) in [5, 5.41) is 11.0. The van der Waals surface area contributed by atoms with Crippen LogP contribution in [0.2, 0.25) is 0 Å². The zero-order chi connectivity index (χ0) is 16.6. The molecule has 1 unspecified atom stereocenters. The van der Waals surface area contributed by atoms with Crippen molar-refractivity contribution < 1.29 is 14.7 Å². The zero-order valence-electron chi connectivity index (χ0n) is 12.5. The third-order valence-corrected chi connectivity index (χ3v) is 3.92. The van der Waals surface area contributed by atoms with Gasteiger partial charge in [0.2, 0.25) is 11.8 Å². The topological polar surface area (TPSA) is 93.3 Å². The molecule has 1 fully saturated rings. The Morgan fingerprint density at radius 3 is 2.78 bits per heavy atom. The molecule has 2 N–H and O–H groups in total. The minimum absolute atomic E-state index is 0.208.